The fourth-order valence-corrected chi connectivity index (χ4v) is 3.34. The number of unbranched alkanes of at least 4 members (excludes halogenated alkanes) is 4. The Kier molecular flexibility index (Phi) is 8.65. The Morgan fingerprint density at radius 1 is 0.594 bits per heavy atom. The topological polar surface area (TPSA) is 0 Å². The highest BCUT2D eigenvalue weighted by Gasteiger charge is 2.03. The second-order valence-electron chi connectivity index (χ2n) is 8.01. The lowest BCUT2D eigenvalue weighted by molar-refractivity contribution is 0.587. The van der Waals surface area contributed by atoms with Crippen molar-refractivity contribution in [3.63, 3.8) is 0 Å². The minimum atomic E-state index is -0.251. The van der Waals surface area contributed by atoms with Gasteiger partial charge in [-0.25, -0.2) is 8.78 Å². The Morgan fingerprint density at radius 2 is 1.09 bits per heavy atom. The molecule has 3 aromatic carbocycles. The van der Waals surface area contributed by atoms with Crippen LogP contribution in [0.5, 0.6) is 0 Å². The monoisotopic (exact) mass is 426 g/mol. The van der Waals surface area contributed by atoms with Gasteiger partial charge in [-0.15, -0.1) is 0 Å². The van der Waals surface area contributed by atoms with Crippen LogP contribution in [-0.4, -0.2) is 0 Å². The van der Waals surface area contributed by atoms with Crippen molar-refractivity contribution in [2.75, 3.05) is 0 Å². The SMILES string of the molecule is CCCCCCCc1ccc(C#Cc2ccc(C#Cc3ccc(C)c(F)c3)cc2)cc1F. The van der Waals surface area contributed by atoms with Gasteiger partial charge in [0, 0.05) is 22.3 Å². The van der Waals surface area contributed by atoms with Crippen molar-refractivity contribution in [2.45, 2.75) is 52.4 Å². The number of halogens is 2. The Morgan fingerprint density at radius 3 is 1.66 bits per heavy atom. The molecule has 0 unspecified atom stereocenters. The van der Waals surface area contributed by atoms with E-state index in [1.54, 1.807) is 13.0 Å². The van der Waals surface area contributed by atoms with Gasteiger partial charge in [0.2, 0.25) is 0 Å². The molecule has 0 aliphatic heterocycles. The first kappa shape index (κ1) is 23.3. The quantitative estimate of drug-likeness (QED) is 0.281. The summed E-state index contributed by atoms with van der Waals surface area (Å²) in [5.74, 6) is 11.7. The highest BCUT2D eigenvalue weighted by molar-refractivity contribution is 5.48. The smallest absolute Gasteiger partial charge is 0.127 e. The van der Waals surface area contributed by atoms with Crippen LogP contribution in [0.15, 0.2) is 60.7 Å². The maximum atomic E-state index is 14.4. The number of benzene rings is 3. The molecule has 0 atom stereocenters. The van der Waals surface area contributed by atoms with Gasteiger partial charge in [0.1, 0.15) is 11.6 Å². The summed E-state index contributed by atoms with van der Waals surface area (Å²) in [6, 6.07) is 17.8. The third-order valence-corrected chi connectivity index (χ3v) is 5.36. The molecule has 0 amide bonds. The van der Waals surface area contributed by atoms with Crippen molar-refractivity contribution >= 4 is 0 Å². The van der Waals surface area contributed by atoms with Crippen LogP contribution >= 0.6 is 0 Å². The van der Waals surface area contributed by atoms with Gasteiger partial charge < -0.3 is 0 Å². The molecule has 0 aliphatic carbocycles. The zero-order valence-corrected chi connectivity index (χ0v) is 18.8. The molecule has 0 saturated carbocycles. The first-order chi connectivity index (χ1) is 15.5. The first-order valence-electron chi connectivity index (χ1n) is 11.2. The van der Waals surface area contributed by atoms with Crippen LogP contribution in [0.2, 0.25) is 0 Å². The second-order valence-corrected chi connectivity index (χ2v) is 8.01. The first-order valence-corrected chi connectivity index (χ1v) is 11.2. The highest BCUT2D eigenvalue weighted by Crippen LogP contribution is 2.15. The van der Waals surface area contributed by atoms with Crippen LogP contribution in [0.1, 0.15) is 72.4 Å². The van der Waals surface area contributed by atoms with Crippen molar-refractivity contribution < 1.29 is 8.78 Å². The van der Waals surface area contributed by atoms with Gasteiger partial charge in [-0.1, -0.05) is 68.4 Å². The lowest BCUT2D eigenvalue weighted by Gasteiger charge is -2.04. The summed E-state index contributed by atoms with van der Waals surface area (Å²) in [5.41, 5.74) is 4.34. The Bertz CT molecular complexity index is 1170. The normalized spacial score (nSPS) is 10.1. The van der Waals surface area contributed by atoms with Crippen molar-refractivity contribution in [1.29, 1.82) is 0 Å². The molecule has 3 aromatic rings. The number of hydrogen-bond donors (Lipinski definition) is 0. The molecule has 0 aromatic heterocycles. The number of aryl methyl sites for hydroxylation is 2. The van der Waals surface area contributed by atoms with Gasteiger partial charge in [-0.05, 0) is 79.4 Å². The standard InChI is InChI=1S/C30H28F2/c1-3-4-5-6-7-8-28-20-19-27(22-30(28)32)18-16-25-13-11-24(12-14-25)15-17-26-10-9-23(2)29(31)21-26/h9-14,19-22H,3-8H2,1-2H3. The molecule has 32 heavy (non-hydrogen) atoms. The van der Waals surface area contributed by atoms with Gasteiger partial charge in [0.25, 0.3) is 0 Å². The van der Waals surface area contributed by atoms with E-state index in [2.05, 4.69) is 30.6 Å². The summed E-state index contributed by atoms with van der Waals surface area (Å²) in [4.78, 5) is 0. The van der Waals surface area contributed by atoms with Crippen LogP contribution in [0.3, 0.4) is 0 Å². The van der Waals surface area contributed by atoms with E-state index in [-0.39, 0.29) is 11.6 Å². The summed E-state index contributed by atoms with van der Waals surface area (Å²) >= 11 is 0. The van der Waals surface area contributed by atoms with Gasteiger partial charge in [0.15, 0.2) is 0 Å². The molecular weight excluding hydrogens is 398 g/mol. The van der Waals surface area contributed by atoms with E-state index < -0.39 is 0 Å². The molecule has 0 aliphatic rings. The third kappa shape index (κ3) is 7.11. The number of hydrogen-bond acceptors (Lipinski definition) is 0. The summed E-state index contributed by atoms with van der Waals surface area (Å²) < 4.78 is 28.0. The molecule has 0 nitrogen and oxygen atoms in total. The molecular formula is C30H28F2. The van der Waals surface area contributed by atoms with E-state index in [0.717, 1.165) is 36.0 Å². The van der Waals surface area contributed by atoms with Gasteiger partial charge in [-0.2, -0.15) is 0 Å². The van der Waals surface area contributed by atoms with Crippen LogP contribution in [-0.2, 0) is 6.42 Å². The van der Waals surface area contributed by atoms with E-state index in [1.807, 2.05) is 42.5 Å². The van der Waals surface area contributed by atoms with Crippen LogP contribution in [0, 0.1) is 42.2 Å². The summed E-state index contributed by atoms with van der Waals surface area (Å²) in [6.07, 6.45) is 6.63. The fourth-order valence-electron chi connectivity index (χ4n) is 3.34. The predicted octanol–water partition coefficient (Wildman–Crippen LogP) is 7.59. The Hall–Kier alpha value is -3.36. The minimum absolute atomic E-state index is 0.176. The van der Waals surface area contributed by atoms with Gasteiger partial charge >= 0.3 is 0 Å². The second kappa shape index (κ2) is 11.9. The van der Waals surface area contributed by atoms with E-state index in [4.69, 9.17) is 0 Å². The number of rotatable bonds is 6. The van der Waals surface area contributed by atoms with E-state index >= 15 is 0 Å². The lowest BCUT2D eigenvalue weighted by Crippen LogP contribution is -1.92. The molecule has 0 saturated heterocycles. The summed E-state index contributed by atoms with van der Waals surface area (Å²) in [6.45, 7) is 3.92. The zero-order chi connectivity index (χ0) is 22.8. The lowest BCUT2D eigenvalue weighted by atomic mass is 10.0. The zero-order valence-electron chi connectivity index (χ0n) is 18.8. The average Bonchev–Trinajstić information content (AvgIpc) is 2.80. The Balaban J connectivity index is 1.60. The maximum Gasteiger partial charge on any atom is 0.127 e. The molecule has 3 rings (SSSR count). The van der Waals surface area contributed by atoms with E-state index in [1.165, 1.54) is 31.4 Å². The predicted molar refractivity (Wildman–Crippen MR) is 128 cm³/mol. The van der Waals surface area contributed by atoms with Gasteiger partial charge in [-0.3, -0.25) is 0 Å². The average molecular weight is 427 g/mol. The van der Waals surface area contributed by atoms with Crippen molar-refractivity contribution in [3.8, 4) is 23.7 Å². The van der Waals surface area contributed by atoms with Crippen LogP contribution in [0.25, 0.3) is 0 Å². The van der Waals surface area contributed by atoms with Crippen molar-refractivity contribution in [2.24, 2.45) is 0 Å². The summed E-state index contributed by atoms with van der Waals surface area (Å²) in [7, 11) is 0. The molecule has 0 spiro atoms. The van der Waals surface area contributed by atoms with E-state index in [0.29, 0.717) is 16.7 Å². The molecule has 162 valence electrons. The molecule has 0 bridgehead atoms. The molecule has 2 heteroatoms. The van der Waals surface area contributed by atoms with Gasteiger partial charge in [0.05, 0.1) is 0 Å². The van der Waals surface area contributed by atoms with Crippen LogP contribution < -0.4 is 0 Å². The largest absolute Gasteiger partial charge is 0.207 e. The van der Waals surface area contributed by atoms with Crippen LogP contribution in [0.4, 0.5) is 8.78 Å². The van der Waals surface area contributed by atoms with Crippen molar-refractivity contribution in [1.82, 2.24) is 0 Å². The molecule has 0 fully saturated rings. The molecule has 0 N–H and O–H groups in total. The fraction of sp³-hybridized carbons (Fsp3) is 0.267. The molecule has 0 heterocycles. The van der Waals surface area contributed by atoms with E-state index in [9.17, 15) is 8.78 Å². The highest BCUT2D eigenvalue weighted by atomic mass is 19.1. The Labute approximate surface area is 190 Å². The summed E-state index contributed by atoms with van der Waals surface area (Å²) in [5, 5.41) is 0. The third-order valence-electron chi connectivity index (χ3n) is 5.36. The minimum Gasteiger partial charge on any atom is -0.207 e. The maximum absolute atomic E-state index is 14.4. The molecule has 0 radical (unpaired) electrons. The van der Waals surface area contributed by atoms with Crippen molar-refractivity contribution in [3.05, 3.63) is 106 Å².